The van der Waals surface area contributed by atoms with E-state index in [4.69, 9.17) is 14.9 Å². The molecular weight excluding hydrogens is 504 g/mol. The normalized spacial score (nSPS) is 18.6. The first-order valence-corrected chi connectivity index (χ1v) is 13.4. The second kappa shape index (κ2) is 10.9. The topological polar surface area (TPSA) is 99.6 Å². The van der Waals surface area contributed by atoms with E-state index < -0.39 is 22.7 Å². The monoisotopic (exact) mass is 539 g/mol. The maximum absolute atomic E-state index is 15.3. The largest absolute Gasteiger partial charge is 0.493 e. The number of allylic oxidation sites excluding steroid dienone is 1. The SMILES string of the molecule is COc1cc(OC)c(F)c(N2Cc3cnc(/C(=C/NCCC4CCNCC4)C(C)=N)cc3C3(CC3)C2=O)c1F. The van der Waals surface area contributed by atoms with Gasteiger partial charge in [0.25, 0.3) is 0 Å². The van der Waals surface area contributed by atoms with Gasteiger partial charge in [0.15, 0.2) is 23.1 Å². The number of carbonyl (C=O) groups excluding carboxylic acids is 1. The number of aromatic nitrogens is 1. The van der Waals surface area contributed by atoms with Crippen molar-refractivity contribution in [2.45, 2.75) is 51.0 Å². The van der Waals surface area contributed by atoms with Crippen LogP contribution in [-0.2, 0) is 16.8 Å². The number of hydrogen-bond donors (Lipinski definition) is 3. The van der Waals surface area contributed by atoms with Crippen molar-refractivity contribution in [3.8, 4) is 11.5 Å². The fourth-order valence-electron chi connectivity index (χ4n) is 5.72. The van der Waals surface area contributed by atoms with Gasteiger partial charge in [0.05, 0.1) is 31.9 Å². The van der Waals surface area contributed by atoms with Crippen LogP contribution in [0.3, 0.4) is 0 Å². The molecule has 5 rings (SSSR count). The molecule has 1 aromatic heterocycles. The third-order valence-corrected chi connectivity index (χ3v) is 8.14. The number of piperidine rings is 1. The number of fused-ring (bicyclic) bond motifs is 2. The Hall–Kier alpha value is -3.53. The third-order valence-electron chi connectivity index (χ3n) is 8.14. The lowest BCUT2D eigenvalue weighted by Gasteiger charge is -2.35. The molecule has 1 aromatic carbocycles. The van der Waals surface area contributed by atoms with E-state index in [2.05, 4.69) is 15.6 Å². The number of methoxy groups -OCH3 is 2. The van der Waals surface area contributed by atoms with Crippen molar-refractivity contribution >= 4 is 22.9 Å². The maximum atomic E-state index is 15.3. The second-order valence-corrected chi connectivity index (χ2v) is 10.6. The van der Waals surface area contributed by atoms with E-state index in [0.717, 1.165) is 48.1 Å². The second-order valence-electron chi connectivity index (χ2n) is 10.6. The predicted octanol–water partition coefficient (Wildman–Crippen LogP) is 4.32. The number of pyridine rings is 1. The van der Waals surface area contributed by atoms with Crippen LogP contribution in [0.1, 0.15) is 55.8 Å². The van der Waals surface area contributed by atoms with Gasteiger partial charge in [-0.2, -0.15) is 0 Å². The van der Waals surface area contributed by atoms with Gasteiger partial charge in [0.1, 0.15) is 5.69 Å². The minimum absolute atomic E-state index is 0.0372. The summed E-state index contributed by atoms with van der Waals surface area (Å²) in [4.78, 5) is 19.5. The number of nitrogens with zero attached hydrogens (tertiary/aromatic N) is 2. The molecule has 8 nitrogen and oxygen atoms in total. The molecular formula is C29H35F2N5O3. The number of halogens is 2. The van der Waals surface area contributed by atoms with E-state index in [0.29, 0.717) is 35.7 Å². The van der Waals surface area contributed by atoms with Gasteiger partial charge in [-0.3, -0.25) is 9.78 Å². The zero-order valence-electron chi connectivity index (χ0n) is 22.6. The first-order valence-electron chi connectivity index (χ1n) is 13.4. The van der Waals surface area contributed by atoms with Gasteiger partial charge < -0.3 is 30.4 Å². The van der Waals surface area contributed by atoms with Crippen LogP contribution in [0.25, 0.3) is 5.57 Å². The molecule has 2 fully saturated rings. The molecule has 3 heterocycles. The quantitative estimate of drug-likeness (QED) is 0.324. The molecule has 208 valence electrons. The van der Waals surface area contributed by atoms with Crippen molar-refractivity contribution in [3.63, 3.8) is 0 Å². The van der Waals surface area contributed by atoms with Gasteiger partial charge in [-0.25, -0.2) is 8.78 Å². The fourth-order valence-corrected chi connectivity index (χ4v) is 5.72. The Morgan fingerprint density at radius 3 is 2.46 bits per heavy atom. The lowest BCUT2D eigenvalue weighted by atomic mass is 9.85. The van der Waals surface area contributed by atoms with Crippen molar-refractivity contribution in [2.24, 2.45) is 5.92 Å². The molecule has 0 atom stereocenters. The molecule has 1 spiro atoms. The van der Waals surface area contributed by atoms with Crippen molar-refractivity contribution in [2.75, 3.05) is 38.8 Å². The molecule has 1 aliphatic carbocycles. The number of amides is 1. The molecule has 3 N–H and O–H groups in total. The van der Waals surface area contributed by atoms with Crippen LogP contribution in [0, 0.1) is 23.0 Å². The Balaban J connectivity index is 1.43. The molecule has 3 aliphatic rings. The smallest absolute Gasteiger partial charge is 0.238 e. The minimum atomic E-state index is -0.951. The van der Waals surface area contributed by atoms with Crippen LogP contribution in [0.15, 0.2) is 24.5 Å². The molecule has 2 aromatic rings. The summed E-state index contributed by atoms with van der Waals surface area (Å²) in [5.74, 6) is -1.98. The molecule has 39 heavy (non-hydrogen) atoms. The molecule has 0 radical (unpaired) electrons. The van der Waals surface area contributed by atoms with Crippen LogP contribution < -0.4 is 25.0 Å². The van der Waals surface area contributed by atoms with Crippen LogP contribution in [0.2, 0.25) is 0 Å². The number of nitrogens with one attached hydrogen (secondary N) is 3. The number of rotatable bonds is 9. The average molecular weight is 540 g/mol. The van der Waals surface area contributed by atoms with Gasteiger partial charge in [-0.1, -0.05) is 0 Å². The Bertz CT molecular complexity index is 1290. The minimum Gasteiger partial charge on any atom is -0.493 e. The fraction of sp³-hybridized carbons (Fsp3) is 0.483. The summed E-state index contributed by atoms with van der Waals surface area (Å²) in [6, 6.07) is 3.00. The van der Waals surface area contributed by atoms with Gasteiger partial charge >= 0.3 is 0 Å². The molecule has 2 aliphatic heterocycles. The number of ether oxygens (including phenoxy) is 2. The highest BCUT2D eigenvalue weighted by molar-refractivity contribution is 6.20. The molecule has 1 saturated carbocycles. The zero-order chi connectivity index (χ0) is 27.7. The lowest BCUT2D eigenvalue weighted by Crippen LogP contribution is -2.45. The zero-order valence-corrected chi connectivity index (χ0v) is 22.6. The summed E-state index contributed by atoms with van der Waals surface area (Å²) in [5.41, 5.74) is 1.80. The summed E-state index contributed by atoms with van der Waals surface area (Å²) >= 11 is 0. The average Bonchev–Trinajstić information content (AvgIpc) is 3.74. The predicted molar refractivity (Wildman–Crippen MR) is 145 cm³/mol. The first-order chi connectivity index (χ1) is 18.8. The van der Waals surface area contributed by atoms with Gasteiger partial charge in [0.2, 0.25) is 5.91 Å². The third kappa shape index (κ3) is 4.97. The Labute approximate surface area is 227 Å². The number of anilines is 1. The standard InChI is InChI=1S/C29H35F2N5O3/c1-17(32)20(15-34-11-6-18-4-9-33-10-5-18)22-12-21-19(14-35-22)16-36(28(37)29(21)7-8-29)27-25(30)23(38-2)13-24(39-3)26(27)31/h12-15,18,32-34H,4-11,16H2,1-3H3/b20-15+,32-17?. The van der Waals surface area contributed by atoms with Crippen LogP contribution >= 0.6 is 0 Å². The first kappa shape index (κ1) is 27.1. The van der Waals surface area contributed by atoms with E-state index in [1.807, 2.05) is 12.3 Å². The summed E-state index contributed by atoms with van der Waals surface area (Å²) in [6.45, 7) is 4.61. The van der Waals surface area contributed by atoms with Crippen molar-refractivity contribution in [3.05, 3.63) is 53.0 Å². The number of carbonyl (C=O) groups is 1. The van der Waals surface area contributed by atoms with Crippen molar-refractivity contribution in [1.29, 1.82) is 5.41 Å². The molecule has 1 amide bonds. The van der Waals surface area contributed by atoms with E-state index in [9.17, 15) is 4.79 Å². The lowest BCUT2D eigenvalue weighted by molar-refractivity contribution is -0.121. The van der Waals surface area contributed by atoms with E-state index in [1.165, 1.54) is 27.1 Å². The van der Waals surface area contributed by atoms with E-state index in [-0.39, 0.29) is 24.0 Å². The summed E-state index contributed by atoms with van der Waals surface area (Å²) in [6.07, 6.45) is 8.05. The van der Waals surface area contributed by atoms with Crippen molar-refractivity contribution < 1.29 is 23.0 Å². The Kier molecular flexibility index (Phi) is 7.57. The summed E-state index contributed by atoms with van der Waals surface area (Å²) < 4.78 is 40.8. The summed E-state index contributed by atoms with van der Waals surface area (Å²) in [7, 11) is 2.55. The van der Waals surface area contributed by atoms with Gasteiger partial charge in [-0.15, -0.1) is 0 Å². The van der Waals surface area contributed by atoms with Crippen molar-refractivity contribution in [1.82, 2.24) is 15.6 Å². The highest BCUT2D eigenvalue weighted by atomic mass is 19.1. The van der Waals surface area contributed by atoms with E-state index >= 15 is 8.78 Å². The summed E-state index contributed by atoms with van der Waals surface area (Å²) in [5, 5.41) is 15.1. The van der Waals surface area contributed by atoms with E-state index in [1.54, 1.807) is 13.1 Å². The highest BCUT2D eigenvalue weighted by Crippen LogP contribution is 2.55. The Morgan fingerprint density at radius 1 is 1.21 bits per heavy atom. The maximum Gasteiger partial charge on any atom is 0.238 e. The van der Waals surface area contributed by atoms with Gasteiger partial charge in [0, 0.05) is 36.3 Å². The molecule has 10 heteroatoms. The highest BCUT2D eigenvalue weighted by Gasteiger charge is 2.57. The molecule has 1 saturated heterocycles. The molecule has 0 unspecified atom stereocenters. The number of benzene rings is 1. The van der Waals surface area contributed by atoms with Crippen LogP contribution in [0.4, 0.5) is 14.5 Å². The molecule has 0 bridgehead atoms. The van der Waals surface area contributed by atoms with Gasteiger partial charge in [-0.05, 0) is 75.2 Å². The van der Waals surface area contributed by atoms with Crippen LogP contribution in [0.5, 0.6) is 11.5 Å². The van der Waals surface area contributed by atoms with Crippen LogP contribution in [-0.4, -0.2) is 50.5 Å². The Morgan fingerprint density at radius 2 is 1.87 bits per heavy atom. The number of hydrogen-bond acceptors (Lipinski definition) is 7.